The number of aromatic nitrogens is 2. The summed E-state index contributed by atoms with van der Waals surface area (Å²) in [6.45, 7) is 4.83. The molecule has 0 aromatic carbocycles. The lowest BCUT2D eigenvalue weighted by Crippen LogP contribution is -2.46. The molecule has 2 aliphatic heterocycles. The molecule has 1 N–H and O–H groups in total. The second-order valence-electron chi connectivity index (χ2n) is 7.91. The first-order valence-corrected chi connectivity index (χ1v) is 10.1. The van der Waals surface area contributed by atoms with Gasteiger partial charge in [-0.3, -0.25) is 23.7 Å². The Balaban J connectivity index is 1.43. The summed E-state index contributed by atoms with van der Waals surface area (Å²) in [4.78, 5) is 29.2. The van der Waals surface area contributed by atoms with E-state index in [1.165, 1.54) is 37.3 Å². The zero-order valence-electron chi connectivity index (χ0n) is 16.7. The number of rotatable bonds is 4. The van der Waals surface area contributed by atoms with Crippen LogP contribution in [0.1, 0.15) is 42.8 Å². The molecule has 0 radical (unpaired) electrons. The number of nitrogens with one attached hydrogen (secondary N) is 1. The Labute approximate surface area is 164 Å². The molecule has 0 bridgehead atoms. The number of nitrogens with zero attached hydrogens (tertiary/aromatic N) is 4. The Bertz CT molecular complexity index is 950. The summed E-state index contributed by atoms with van der Waals surface area (Å²) in [5.74, 6) is 2.52. The van der Waals surface area contributed by atoms with Crippen LogP contribution in [0, 0.1) is 0 Å². The zero-order chi connectivity index (χ0) is 19.7. The van der Waals surface area contributed by atoms with Crippen molar-refractivity contribution < 1.29 is 4.42 Å². The van der Waals surface area contributed by atoms with Gasteiger partial charge in [-0.2, -0.15) is 0 Å². The van der Waals surface area contributed by atoms with Crippen LogP contribution < -0.4 is 16.6 Å². The molecule has 1 fully saturated rings. The van der Waals surface area contributed by atoms with Crippen molar-refractivity contribution in [2.45, 2.75) is 45.3 Å². The van der Waals surface area contributed by atoms with E-state index in [0.29, 0.717) is 31.1 Å². The summed E-state index contributed by atoms with van der Waals surface area (Å²) in [7, 11) is 3.20. The minimum Gasteiger partial charge on any atom is -0.463 e. The quantitative estimate of drug-likeness (QED) is 0.856. The van der Waals surface area contributed by atoms with Crippen LogP contribution in [0.3, 0.4) is 0 Å². The van der Waals surface area contributed by atoms with Gasteiger partial charge in [0.25, 0.3) is 5.56 Å². The van der Waals surface area contributed by atoms with E-state index in [0.717, 1.165) is 35.7 Å². The molecule has 4 heterocycles. The average Bonchev–Trinajstić information content (AvgIpc) is 2.96. The molecule has 4 rings (SSSR count). The van der Waals surface area contributed by atoms with Crippen molar-refractivity contribution in [1.29, 1.82) is 0 Å². The molecule has 28 heavy (non-hydrogen) atoms. The lowest BCUT2D eigenvalue weighted by molar-refractivity contribution is 0.222. The third-order valence-electron chi connectivity index (χ3n) is 5.78. The molecule has 2 aromatic heterocycles. The maximum atomic E-state index is 12.5. The Hall–Kier alpha value is -2.32. The van der Waals surface area contributed by atoms with Crippen LogP contribution in [0.5, 0.6) is 0 Å². The summed E-state index contributed by atoms with van der Waals surface area (Å²) < 4.78 is 8.73. The van der Waals surface area contributed by atoms with Crippen molar-refractivity contribution in [3.8, 4) is 0 Å². The van der Waals surface area contributed by atoms with Gasteiger partial charge in [0.2, 0.25) is 0 Å². The Morgan fingerprint density at radius 1 is 0.929 bits per heavy atom. The summed E-state index contributed by atoms with van der Waals surface area (Å²) in [5.41, 5.74) is 0.0673. The van der Waals surface area contributed by atoms with Gasteiger partial charge in [0.15, 0.2) is 0 Å². The topological polar surface area (TPSA) is 75.7 Å². The number of hydrogen-bond donors (Lipinski definition) is 1. The Kier molecular flexibility index (Phi) is 5.41. The average molecular weight is 387 g/mol. The molecule has 0 saturated carbocycles. The molecule has 0 aliphatic carbocycles. The SMILES string of the molecule is Cn1c2c(c(=O)n(C)c1=O)CN(Cc1ccc(CN3CCCCCC3)o1)CN2. The van der Waals surface area contributed by atoms with Crippen molar-refractivity contribution in [2.75, 3.05) is 25.1 Å². The summed E-state index contributed by atoms with van der Waals surface area (Å²) in [6, 6.07) is 4.09. The highest BCUT2D eigenvalue weighted by atomic mass is 16.3. The molecular formula is C20H29N5O3. The van der Waals surface area contributed by atoms with Gasteiger partial charge in [-0.1, -0.05) is 12.8 Å². The maximum Gasteiger partial charge on any atom is 0.332 e. The highest BCUT2D eigenvalue weighted by Gasteiger charge is 2.24. The van der Waals surface area contributed by atoms with Gasteiger partial charge < -0.3 is 9.73 Å². The molecule has 152 valence electrons. The summed E-state index contributed by atoms with van der Waals surface area (Å²) >= 11 is 0. The third kappa shape index (κ3) is 3.79. The monoisotopic (exact) mass is 387 g/mol. The zero-order valence-corrected chi connectivity index (χ0v) is 16.7. The van der Waals surface area contributed by atoms with E-state index in [1.807, 2.05) is 6.07 Å². The van der Waals surface area contributed by atoms with E-state index < -0.39 is 0 Å². The molecular weight excluding hydrogens is 358 g/mol. The standard InChI is InChI=1S/C20H29N5O3/c1-22-18-17(19(26)23(2)20(22)27)13-25(14-21-18)12-16-8-7-15(28-16)11-24-9-5-3-4-6-10-24/h7-8,21H,3-6,9-14H2,1-2H3. The predicted octanol–water partition coefficient (Wildman–Crippen LogP) is 1.44. The van der Waals surface area contributed by atoms with Crippen molar-refractivity contribution in [3.63, 3.8) is 0 Å². The number of hydrogen-bond acceptors (Lipinski definition) is 6. The van der Waals surface area contributed by atoms with Crippen molar-refractivity contribution >= 4 is 5.82 Å². The van der Waals surface area contributed by atoms with Crippen molar-refractivity contribution in [1.82, 2.24) is 18.9 Å². The van der Waals surface area contributed by atoms with Gasteiger partial charge in [-0.25, -0.2) is 4.79 Å². The highest BCUT2D eigenvalue weighted by Crippen LogP contribution is 2.20. The molecule has 2 aromatic rings. The van der Waals surface area contributed by atoms with Gasteiger partial charge >= 0.3 is 5.69 Å². The lowest BCUT2D eigenvalue weighted by atomic mass is 10.2. The molecule has 2 aliphatic rings. The van der Waals surface area contributed by atoms with E-state index in [4.69, 9.17) is 4.42 Å². The number of fused-ring (bicyclic) bond motifs is 1. The fourth-order valence-corrected chi connectivity index (χ4v) is 4.19. The fraction of sp³-hybridized carbons (Fsp3) is 0.600. The van der Waals surface area contributed by atoms with Gasteiger partial charge in [0.05, 0.1) is 25.3 Å². The molecule has 0 amide bonds. The van der Waals surface area contributed by atoms with E-state index in [9.17, 15) is 9.59 Å². The van der Waals surface area contributed by atoms with Crippen LogP contribution in [0.4, 0.5) is 5.82 Å². The normalized spacial score (nSPS) is 18.5. The van der Waals surface area contributed by atoms with Crippen LogP contribution in [0.15, 0.2) is 26.1 Å². The van der Waals surface area contributed by atoms with Gasteiger partial charge in [0, 0.05) is 20.6 Å². The van der Waals surface area contributed by atoms with Crippen LogP contribution in [0.2, 0.25) is 0 Å². The van der Waals surface area contributed by atoms with Crippen LogP contribution in [-0.4, -0.2) is 38.7 Å². The third-order valence-corrected chi connectivity index (χ3v) is 5.78. The van der Waals surface area contributed by atoms with Gasteiger partial charge in [0.1, 0.15) is 17.3 Å². The second-order valence-corrected chi connectivity index (χ2v) is 7.91. The van der Waals surface area contributed by atoms with Crippen molar-refractivity contribution in [3.05, 3.63) is 50.1 Å². The number of anilines is 1. The second kappa shape index (κ2) is 7.97. The smallest absolute Gasteiger partial charge is 0.332 e. The lowest BCUT2D eigenvalue weighted by Gasteiger charge is -2.30. The van der Waals surface area contributed by atoms with Crippen LogP contribution in [0.25, 0.3) is 0 Å². The molecule has 8 heteroatoms. The van der Waals surface area contributed by atoms with Crippen molar-refractivity contribution in [2.24, 2.45) is 14.1 Å². The van der Waals surface area contributed by atoms with Crippen LogP contribution >= 0.6 is 0 Å². The predicted molar refractivity (Wildman–Crippen MR) is 107 cm³/mol. The van der Waals surface area contributed by atoms with E-state index >= 15 is 0 Å². The van der Waals surface area contributed by atoms with Gasteiger partial charge in [-0.15, -0.1) is 0 Å². The molecule has 0 atom stereocenters. The highest BCUT2D eigenvalue weighted by molar-refractivity contribution is 5.45. The first kappa shape index (κ1) is 19.0. The maximum absolute atomic E-state index is 12.5. The summed E-state index contributed by atoms with van der Waals surface area (Å²) in [5, 5.41) is 3.22. The van der Waals surface area contributed by atoms with Crippen LogP contribution in [-0.2, 0) is 33.7 Å². The molecule has 0 spiro atoms. The minimum absolute atomic E-state index is 0.239. The largest absolute Gasteiger partial charge is 0.463 e. The molecule has 1 saturated heterocycles. The number of likely N-dealkylation sites (tertiary alicyclic amines) is 1. The first-order valence-electron chi connectivity index (χ1n) is 10.1. The molecule has 0 unspecified atom stereocenters. The van der Waals surface area contributed by atoms with E-state index in [-0.39, 0.29) is 11.2 Å². The van der Waals surface area contributed by atoms with E-state index in [2.05, 4.69) is 21.2 Å². The Morgan fingerprint density at radius 3 is 2.25 bits per heavy atom. The van der Waals surface area contributed by atoms with E-state index in [1.54, 1.807) is 7.05 Å². The summed E-state index contributed by atoms with van der Waals surface area (Å²) in [6.07, 6.45) is 5.19. The fourth-order valence-electron chi connectivity index (χ4n) is 4.19. The number of furan rings is 1. The first-order chi connectivity index (χ1) is 13.5. The van der Waals surface area contributed by atoms with Gasteiger partial charge in [-0.05, 0) is 38.1 Å². The molecule has 8 nitrogen and oxygen atoms in total. The minimum atomic E-state index is -0.311. The Morgan fingerprint density at radius 2 is 1.57 bits per heavy atom.